The van der Waals surface area contributed by atoms with Gasteiger partial charge in [-0.05, 0) is 55.4 Å². The fraction of sp³-hybridized carbons (Fsp3) is 0.176. The zero-order valence-electron chi connectivity index (χ0n) is 13.7. The van der Waals surface area contributed by atoms with E-state index < -0.39 is 5.91 Å². The van der Waals surface area contributed by atoms with Crippen LogP contribution in [0.15, 0.2) is 24.3 Å². The van der Waals surface area contributed by atoms with Gasteiger partial charge in [0.2, 0.25) is 0 Å². The lowest BCUT2D eigenvalue weighted by Crippen LogP contribution is -2.34. The van der Waals surface area contributed by atoms with Gasteiger partial charge >= 0.3 is 0 Å². The average Bonchev–Trinajstić information content (AvgIpc) is 2.51. The first kappa shape index (κ1) is 19.3. The van der Waals surface area contributed by atoms with E-state index in [1.165, 1.54) is 19.2 Å². The second-order valence-corrected chi connectivity index (χ2v) is 6.61. The summed E-state index contributed by atoms with van der Waals surface area (Å²) in [6.45, 7) is 3.66. The highest BCUT2D eigenvalue weighted by molar-refractivity contribution is 7.80. The molecule has 5 nitrogen and oxygen atoms in total. The number of anilines is 1. The van der Waals surface area contributed by atoms with Crippen molar-refractivity contribution in [1.82, 2.24) is 5.32 Å². The Balaban J connectivity index is 2.21. The van der Waals surface area contributed by atoms with E-state index in [1.54, 1.807) is 13.0 Å². The number of methoxy groups -OCH3 is 1. The highest BCUT2D eigenvalue weighted by Gasteiger charge is 2.18. The summed E-state index contributed by atoms with van der Waals surface area (Å²) < 4.78 is 5.15. The van der Waals surface area contributed by atoms with Crippen LogP contribution in [0.4, 0.5) is 5.69 Å². The molecule has 0 radical (unpaired) electrons. The summed E-state index contributed by atoms with van der Waals surface area (Å²) in [6.07, 6.45) is 0. The third kappa shape index (κ3) is 4.54. The molecule has 0 saturated heterocycles. The molecule has 132 valence electrons. The first-order valence-corrected chi connectivity index (χ1v) is 8.35. The zero-order valence-corrected chi connectivity index (χ0v) is 16.1. The van der Waals surface area contributed by atoms with Crippen molar-refractivity contribution >= 4 is 52.1 Å². The lowest BCUT2D eigenvalue weighted by Gasteiger charge is -2.14. The van der Waals surface area contributed by atoms with Gasteiger partial charge in [0.05, 0.1) is 23.4 Å². The van der Waals surface area contributed by atoms with Crippen molar-refractivity contribution in [3.63, 3.8) is 0 Å². The van der Waals surface area contributed by atoms with Gasteiger partial charge in [-0.25, -0.2) is 0 Å². The quantitative estimate of drug-likeness (QED) is 0.526. The predicted octanol–water partition coefficient (Wildman–Crippen LogP) is 4.45. The summed E-state index contributed by atoms with van der Waals surface area (Å²) in [5, 5.41) is 15.9. The van der Waals surface area contributed by atoms with E-state index in [2.05, 4.69) is 10.6 Å². The molecule has 2 rings (SSSR count). The van der Waals surface area contributed by atoms with Crippen LogP contribution >= 0.6 is 35.4 Å². The molecule has 1 amide bonds. The summed E-state index contributed by atoms with van der Waals surface area (Å²) >= 11 is 17.1. The van der Waals surface area contributed by atoms with E-state index in [4.69, 9.17) is 40.2 Å². The van der Waals surface area contributed by atoms with Crippen LogP contribution in [0.2, 0.25) is 10.0 Å². The van der Waals surface area contributed by atoms with Gasteiger partial charge in [0.25, 0.3) is 5.91 Å². The molecule has 0 saturated carbocycles. The van der Waals surface area contributed by atoms with Crippen LogP contribution in [0.5, 0.6) is 11.5 Å². The Hall–Kier alpha value is -2.02. The van der Waals surface area contributed by atoms with E-state index in [9.17, 15) is 9.90 Å². The summed E-state index contributed by atoms with van der Waals surface area (Å²) in [5.74, 6) is -0.284. The molecular weight excluding hydrogens is 383 g/mol. The van der Waals surface area contributed by atoms with E-state index in [0.29, 0.717) is 16.3 Å². The Morgan fingerprint density at radius 2 is 1.88 bits per heavy atom. The number of rotatable bonds is 3. The topological polar surface area (TPSA) is 70.6 Å². The van der Waals surface area contributed by atoms with Crippen molar-refractivity contribution in [2.45, 2.75) is 13.8 Å². The molecule has 2 aromatic rings. The molecule has 0 spiro atoms. The second kappa shape index (κ2) is 7.91. The van der Waals surface area contributed by atoms with Crippen molar-refractivity contribution in [2.24, 2.45) is 0 Å². The van der Waals surface area contributed by atoms with Crippen LogP contribution in [-0.2, 0) is 0 Å². The molecule has 0 atom stereocenters. The lowest BCUT2D eigenvalue weighted by atomic mass is 10.1. The lowest BCUT2D eigenvalue weighted by molar-refractivity contribution is 0.0974. The third-order valence-corrected chi connectivity index (χ3v) is 4.08. The normalized spacial score (nSPS) is 10.3. The summed E-state index contributed by atoms with van der Waals surface area (Å²) in [7, 11) is 1.40. The number of aromatic hydroxyl groups is 1. The summed E-state index contributed by atoms with van der Waals surface area (Å²) in [6, 6.07) is 6.46. The highest BCUT2D eigenvalue weighted by atomic mass is 35.5. The van der Waals surface area contributed by atoms with Gasteiger partial charge in [0.1, 0.15) is 11.5 Å². The zero-order chi connectivity index (χ0) is 18.7. The Kier molecular flexibility index (Phi) is 6.11. The molecule has 0 bridgehead atoms. The van der Waals surface area contributed by atoms with E-state index >= 15 is 0 Å². The maximum Gasteiger partial charge on any atom is 0.261 e. The summed E-state index contributed by atoms with van der Waals surface area (Å²) in [4.78, 5) is 12.4. The number of aryl methyl sites for hydroxylation is 2. The van der Waals surface area contributed by atoms with Crippen LogP contribution in [-0.4, -0.2) is 23.2 Å². The number of ether oxygens (including phenoxy) is 1. The molecule has 25 heavy (non-hydrogen) atoms. The number of carbonyl (C=O) groups is 1. The Bertz CT molecular complexity index is 856. The fourth-order valence-electron chi connectivity index (χ4n) is 2.32. The Morgan fingerprint density at radius 3 is 2.52 bits per heavy atom. The largest absolute Gasteiger partial charge is 0.505 e. The minimum absolute atomic E-state index is 0.0171. The smallest absolute Gasteiger partial charge is 0.261 e. The SMILES string of the molecule is COc1c(Cl)cc(Cl)cc1C(=O)NC(=S)Nc1cc(C)cc(C)c1O. The minimum Gasteiger partial charge on any atom is -0.505 e. The van der Waals surface area contributed by atoms with Gasteiger partial charge in [-0.1, -0.05) is 29.3 Å². The van der Waals surface area contributed by atoms with E-state index in [1.807, 2.05) is 13.0 Å². The van der Waals surface area contributed by atoms with Crippen LogP contribution in [0.1, 0.15) is 21.5 Å². The molecule has 0 fully saturated rings. The predicted molar refractivity (Wildman–Crippen MR) is 104 cm³/mol. The Labute approximate surface area is 160 Å². The van der Waals surface area contributed by atoms with Crippen molar-refractivity contribution in [3.8, 4) is 11.5 Å². The van der Waals surface area contributed by atoms with Crippen molar-refractivity contribution in [2.75, 3.05) is 12.4 Å². The number of phenolic OH excluding ortho intramolecular Hbond substituents is 1. The number of nitrogens with one attached hydrogen (secondary N) is 2. The first-order valence-electron chi connectivity index (χ1n) is 7.18. The number of halogens is 2. The van der Waals surface area contributed by atoms with Crippen molar-refractivity contribution in [1.29, 1.82) is 0 Å². The molecular formula is C17H16Cl2N2O3S. The molecule has 3 N–H and O–H groups in total. The maximum absolute atomic E-state index is 12.4. The monoisotopic (exact) mass is 398 g/mol. The first-order chi connectivity index (χ1) is 11.7. The molecule has 8 heteroatoms. The Morgan fingerprint density at radius 1 is 1.20 bits per heavy atom. The van der Waals surface area contributed by atoms with Gasteiger partial charge in [0.15, 0.2) is 5.11 Å². The van der Waals surface area contributed by atoms with Crippen LogP contribution in [0.25, 0.3) is 0 Å². The van der Waals surface area contributed by atoms with Gasteiger partial charge in [-0.3, -0.25) is 10.1 Å². The minimum atomic E-state index is -0.539. The number of amides is 1. The molecule has 0 aromatic heterocycles. The van der Waals surface area contributed by atoms with Gasteiger partial charge in [-0.2, -0.15) is 0 Å². The molecule has 2 aromatic carbocycles. The molecule has 0 aliphatic rings. The van der Waals surface area contributed by atoms with Gasteiger partial charge in [-0.15, -0.1) is 0 Å². The average molecular weight is 399 g/mol. The highest BCUT2D eigenvalue weighted by Crippen LogP contribution is 2.32. The number of phenols is 1. The standard InChI is InChI=1S/C17H16Cl2N2O3S/c1-8-4-9(2)14(22)13(5-8)20-17(25)21-16(23)11-6-10(18)7-12(19)15(11)24-3/h4-7,22H,1-3H3,(H2,20,21,23,25). The van der Waals surface area contributed by atoms with Crippen LogP contribution in [0, 0.1) is 13.8 Å². The van der Waals surface area contributed by atoms with E-state index in [-0.39, 0.29) is 27.2 Å². The number of carbonyl (C=O) groups excluding carboxylic acids is 1. The van der Waals surface area contributed by atoms with Crippen molar-refractivity contribution in [3.05, 3.63) is 51.0 Å². The maximum atomic E-state index is 12.4. The number of hydrogen-bond donors (Lipinski definition) is 3. The number of thiocarbonyl (C=S) groups is 1. The van der Waals surface area contributed by atoms with E-state index in [0.717, 1.165) is 5.56 Å². The second-order valence-electron chi connectivity index (χ2n) is 5.35. The molecule has 0 aliphatic carbocycles. The van der Waals surface area contributed by atoms with Gasteiger partial charge < -0.3 is 15.2 Å². The van der Waals surface area contributed by atoms with Crippen LogP contribution < -0.4 is 15.4 Å². The number of hydrogen-bond acceptors (Lipinski definition) is 4. The molecule has 0 heterocycles. The number of benzene rings is 2. The fourth-order valence-corrected chi connectivity index (χ4v) is 3.09. The third-order valence-electron chi connectivity index (χ3n) is 3.38. The van der Waals surface area contributed by atoms with Crippen LogP contribution in [0.3, 0.4) is 0 Å². The molecule has 0 aliphatic heterocycles. The molecule has 0 unspecified atom stereocenters. The summed E-state index contributed by atoms with van der Waals surface area (Å²) in [5.41, 5.74) is 2.18. The van der Waals surface area contributed by atoms with Gasteiger partial charge in [0, 0.05) is 5.02 Å². The van der Waals surface area contributed by atoms with Crippen molar-refractivity contribution < 1.29 is 14.6 Å².